The lowest BCUT2D eigenvalue weighted by atomic mass is 10.0. The largest absolute Gasteiger partial charge is 0.313 e. The van der Waals surface area contributed by atoms with E-state index in [-0.39, 0.29) is 0 Å². The highest BCUT2D eigenvalue weighted by molar-refractivity contribution is 5.52. The van der Waals surface area contributed by atoms with Crippen LogP contribution in [0.15, 0.2) is 30.1 Å². The molecule has 1 N–H and O–H groups in total. The molecule has 1 saturated heterocycles. The molecule has 2 heterocycles. The van der Waals surface area contributed by atoms with Gasteiger partial charge in [-0.2, -0.15) is 0 Å². The summed E-state index contributed by atoms with van der Waals surface area (Å²) in [5, 5.41) is 3.37. The SMILES string of the molecule is C(=C1\CCCNC1)/c1cccnc1. The molecule has 1 fully saturated rings. The molecular formula is C11H14N2. The summed E-state index contributed by atoms with van der Waals surface area (Å²) < 4.78 is 0. The van der Waals surface area contributed by atoms with Gasteiger partial charge in [0.15, 0.2) is 0 Å². The first-order valence-corrected chi connectivity index (χ1v) is 4.75. The van der Waals surface area contributed by atoms with Gasteiger partial charge in [-0.1, -0.05) is 17.7 Å². The third-order valence-corrected chi connectivity index (χ3v) is 2.26. The zero-order valence-corrected chi connectivity index (χ0v) is 7.66. The molecule has 1 aromatic rings. The van der Waals surface area contributed by atoms with E-state index in [9.17, 15) is 0 Å². The normalized spacial score (nSPS) is 20.5. The van der Waals surface area contributed by atoms with Crippen LogP contribution in [0, 0.1) is 0 Å². The average molecular weight is 174 g/mol. The summed E-state index contributed by atoms with van der Waals surface area (Å²) in [5.41, 5.74) is 2.69. The molecule has 2 heteroatoms. The van der Waals surface area contributed by atoms with Crippen LogP contribution in [0.2, 0.25) is 0 Å². The number of piperidine rings is 1. The molecule has 0 spiro atoms. The number of rotatable bonds is 1. The second-order valence-corrected chi connectivity index (χ2v) is 3.37. The lowest BCUT2D eigenvalue weighted by molar-refractivity contribution is 0.613. The fourth-order valence-corrected chi connectivity index (χ4v) is 1.60. The topological polar surface area (TPSA) is 24.9 Å². The number of nitrogens with one attached hydrogen (secondary N) is 1. The minimum atomic E-state index is 1.04. The van der Waals surface area contributed by atoms with Gasteiger partial charge in [0.1, 0.15) is 0 Å². The molecule has 1 aliphatic rings. The minimum absolute atomic E-state index is 1.04. The van der Waals surface area contributed by atoms with E-state index >= 15 is 0 Å². The number of hydrogen-bond donors (Lipinski definition) is 1. The zero-order chi connectivity index (χ0) is 8.93. The first-order valence-electron chi connectivity index (χ1n) is 4.75. The van der Waals surface area contributed by atoms with Gasteiger partial charge >= 0.3 is 0 Å². The second-order valence-electron chi connectivity index (χ2n) is 3.37. The van der Waals surface area contributed by atoms with Crippen molar-refractivity contribution in [1.82, 2.24) is 10.3 Å². The van der Waals surface area contributed by atoms with Gasteiger partial charge in [0, 0.05) is 18.9 Å². The van der Waals surface area contributed by atoms with Crippen LogP contribution in [0.5, 0.6) is 0 Å². The van der Waals surface area contributed by atoms with E-state index in [1.807, 2.05) is 12.3 Å². The Morgan fingerprint density at radius 3 is 3.15 bits per heavy atom. The summed E-state index contributed by atoms with van der Waals surface area (Å²) in [5.74, 6) is 0. The lowest BCUT2D eigenvalue weighted by Gasteiger charge is -2.14. The smallest absolute Gasteiger partial charge is 0.0340 e. The van der Waals surface area contributed by atoms with Crippen LogP contribution in [0.25, 0.3) is 6.08 Å². The molecule has 0 unspecified atom stereocenters. The van der Waals surface area contributed by atoms with Crippen molar-refractivity contribution in [1.29, 1.82) is 0 Å². The van der Waals surface area contributed by atoms with Gasteiger partial charge in [-0.25, -0.2) is 0 Å². The monoisotopic (exact) mass is 174 g/mol. The van der Waals surface area contributed by atoms with Crippen LogP contribution in [-0.2, 0) is 0 Å². The lowest BCUT2D eigenvalue weighted by Crippen LogP contribution is -2.23. The summed E-state index contributed by atoms with van der Waals surface area (Å²) in [6.45, 7) is 2.19. The Balaban J connectivity index is 2.10. The maximum atomic E-state index is 4.09. The Morgan fingerprint density at radius 1 is 1.46 bits per heavy atom. The third-order valence-electron chi connectivity index (χ3n) is 2.26. The summed E-state index contributed by atoms with van der Waals surface area (Å²) in [7, 11) is 0. The van der Waals surface area contributed by atoms with E-state index in [4.69, 9.17) is 0 Å². The first kappa shape index (κ1) is 8.45. The molecule has 0 atom stereocenters. The fourth-order valence-electron chi connectivity index (χ4n) is 1.60. The van der Waals surface area contributed by atoms with E-state index in [2.05, 4.69) is 22.4 Å². The number of nitrogens with zero attached hydrogens (tertiary/aromatic N) is 1. The van der Waals surface area contributed by atoms with Crippen molar-refractivity contribution in [2.24, 2.45) is 0 Å². The van der Waals surface area contributed by atoms with E-state index in [0.29, 0.717) is 0 Å². The van der Waals surface area contributed by atoms with Crippen molar-refractivity contribution >= 4 is 6.08 Å². The highest BCUT2D eigenvalue weighted by Crippen LogP contribution is 2.12. The summed E-state index contributed by atoms with van der Waals surface area (Å²) >= 11 is 0. The molecule has 0 saturated carbocycles. The van der Waals surface area contributed by atoms with Crippen molar-refractivity contribution in [2.45, 2.75) is 12.8 Å². The molecule has 13 heavy (non-hydrogen) atoms. The van der Waals surface area contributed by atoms with Gasteiger partial charge in [-0.3, -0.25) is 4.98 Å². The van der Waals surface area contributed by atoms with Crippen LogP contribution < -0.4 is 5.32 Å². The average Bonchev–Trinajstić information content (AvgIpc) is 2.21. The Kier molecular flexibility index (Phi) is 2.72. The van der Waals surface area contributed by atoms with Crippen LogP contribution in [0.3, 0.4) is 0 Å². The zero-order valence-electron chi connectivity index (χ0n) is 7.66. The molecule has 0 aromatic carbocycles. The Bertz CT molecular complexity index is 282. The Labute approximate surface area is 78.7 Å². The van der Waals surface area contributed by atoms with Gasteiger partial charge in [0.05, 0.1) is 0 Å². The quantitative estimate of drug-likeness (QED) is 0.702. The molecule has 1 aromatic heterocycles. The number of hydrogen-bond acceptors (Lipinski definition) is 2. The van der Waals surface area contributed by atoms with Gasteiger partial charge in [-0.05, 0) is 31.0 Å². The Hall–Kier alpha value is -1.15. The molecular weight excluding hydrogens is 160 g/mol. The summed E-state index contributed by atoms with van der Waals surface area (Å²) in [4.78, 5) is 4.09. The highest BCUT2D eigenvalue weighted by atomic mass is 14.9. The van der Waals surface area contributed by atoms with E-state index in [0.717, 1.165) is 13.1 Å². The number of pyridine rings is 1. The van der Waals surface area contributed by atoms with Crippen LogP contribution >= 0.6 is 0 Å². The molecule has 0 radical (unpaired) electrons. The molecule has 0 amide bonds. The van der Waals surface area contributed by atoms with E-state index in [1.54, 1.807) is 6.20 Å². The van der Waals surface area contributed by atoms with Crippen molar-refractivity contribution in [3.63, 3.8) is 0 Å². The van der Waals surface area contributed by atoms with E-state index < -0.39 is 0 Å². The predicted molar refractivity (Wildman–Crippen MR) is 54.3 cm³/mol. The number of aromatic nitrogens is 1. The van der Waals surface area contributed by atoms with Crippen LogP contribution in [-0.4, -0.2) is 18.1 Å². The minimum Gasteiger partial charge on any atom is -0.313 e. The highest BCUT2D eigenvalue weighted by Gasteiger charge is 2.03. The molecule has 1 aliphatic heterocycles. The maximum Gasteiger partial charge on any atom is 0.0340 e. The molecule has 0 bridgehead atoms. The predicted octanol–water partition coefficient (Wildman–Crippen LogP) is 1.85. The molecule has 2 rings (SSSR count). The van der Waals surface area contributed by atoms with Gasteiger partial charge in [0.2, 0.25) is 0 Å². The summed E-state index contributed by atoms with van der Waals surface area (Å²) in [6.07, 6.45) is 8.43. The maximum absolute atomic E-state index is 4.09. The second kappa shape index (κ2) is 4.19. The summed E-state index contributed by atoms with van der Waals surface area (Å²) in [6, 6.07) is 4.07. The van der Waals surface area contributed by atoms with Gasteiger partial charge in [0.25, 0.3) is 0 Å². The van der Waals surface area contributed by atoms with E-state index in [1.165, 1.54) is 24.0 Å². The van der Waals surface area contributed by atoms with Crippen molar-refractivity contribution in [3.05, 3.63) is 35.7 Å². The third kappa shape index (κ3) is 2.39. The molecule has 0 aliphatic carbocycles. The fraction of sp³-hybridized carbons (Fsp3) is 0.364. The molecule has 68 valence electrons. The van der Waals surface area contributed by atoms with Gasteiger partial charge < -0.3 is 5.32 Å². The van der Waals surface area contributed by atoms with Crippen molar-refractivity contribution in [3.8, 4) is 0 Å². The van der Waals surface area contributed by atoms with Crippen molar-refractivity contribution < 1.29 is 0 Å². The molecule has 2 nitrogen and oxygen atoms in total. The van der Waals surface area contributed by atoms with Crippen LogP contribution in [0.4, 0.5) is 0 Å². The standard InChI is InChI=1S/C11H14N2/c1-3-10(8-12-5-1)7-11-4-2-6-13-9-11/h1,3,5,7-8,13H,2,4,6,9H2/b11-7-. The van der Waals surface area contributed by atoms with Crippen LogP contribution in [0.1, 0.15) is 18.4 Å². The van der Waals surface area contributed by atoms with Gasteiger partial charge in [-0.15, -0.1) is 0 Å². The van der Waals surface area contributed by atoms with Crippen molar-refractivity contribution in [2.75, 3.05) is 13.1 Å². The Morgan fingerprint density at radius 2 is 2.46 bits per heavy atom. The first-order chi connectivity index (χ1) is 6.45.